The van der Waals surface area contributed by atoms with Crippen LogP contribution in [0, 0.1) is 13.8 Å². The summed E-state index contributed by atoms with van der Waals surface area (Å²) in [5.41, 5.74) is 3.90. The summed E-state index contributed by atoms with van der Waals surface area (Å²) in [5.74, 6) is -0.0950. The van der Waals surface area contributed by atoms with Crippen molar-refractivity contribution >= 4 is 34.1 Å². The number of nitrogens with one attached hydrogen (secondary N) is 1. The highest BCUT2D eigenvalue weighted by Gasteiger charge is 2.21. The van der Waals surface area contributed by atoms with Crippen molar-refractivity contribution in [2.24, 2.45) is 0 Å². The summed E-state index contributed by atoms with van der Waals surface area (Å²) in [6.45, 7) is 5.90. The number of carbonyl (C=O) groups is 1. The van der Waals surface area contributed by atoms with Crippen molar-refractivity contribution in [2.75, 3.05) is 5.32 Å². The van der Waals surface area contributed by atoms with Gasteiger partial charge in [-0.25, -0.2) is 0 Å². The van der Waals surface area contributed by atoms with Gasteiger partial charge in [-0.3, -0.25) is 4.79 Å². The molecule has 146 valence electrons. The Morgan fingerprint density at radius 3 is 2.48 bits per heavy atom. The zero-order valence-corrected chi connectivity index (χ0v) is 17.3. The molecule has 6 nitrogen and oxygen atoms in total. The molecule has 0 aliphatic heterocycles. The number of hydrogen-bond donors (Lipinski definition) is 1. The third kappa shape index (κ3) is 3.86. The minimum absolute atomic E-state index is 0.0950. The number of carbonyl (C=O) groups excluding carboxylic acids is 1. The maximum atomic E-state index is 12.9. The number of aromatic nitrogens is 4. The highest BCUT2D eigenvalue weighted by Crippen LogP contribution is 2.28. The minimum atomic E-state index is -0.372. The Hall–Kier alpha value is -3.19. The Morgan fingerprint density at radius 2 is 1.69 bits per heavy atom. The van der Waals surface area contributed by atoms with E-state index in [1.165, 1.54) is 11.8 Å². The molecule has 0 aliphatic carbocycles. The van der Waals surface area contributed by atoms with E-state index in [0.29, 0.717) is 5.16 Å². The molecule has 4 aromatic rings. The number of nitrogens with zero attached hydrogens (tertiary/aromatic N) is 4. The SMILES string of the molecule is Cc1cccc(C)c1-n1nnnc1S[C@@H](C)C(=O)Nc1cccc2ccccc12. The average Bonchev–Trinajstić information content (AvgIpc) is 3.16. The van der Waals surface area contributed by atoms with Crippen molar-refractivity contribution in [3.05, 3.63) is 71.8 Å². The number of fused-ring (bicyclic) bond motifs is 1. The molecular weight excluding hydrogens is 382 g/mol. The fourth-order valence-electron chi connectivity index (χ4n) is 3.31. The topological polar surface area (TPSA) is 72.7 Å². The summed E-state index contributed by atoms with van der Waals surface area (Å²) in [6, 6.07) is 19.9. The predicted octanol–water partition coefficient (Wildman–Crippen LogP) is 4.55. The Bertz CT molecular complexity index is 1160. The van der Waals surface area contributed by atoms with Crippen LogP contribution in [0.25, 0.3) is 16.5 Å². The second-order valence-electron chi connectivity index (χ2n) is 6.89. The van der Waals surface area contributed by atoms with Gasteiger partial charge in [0.25, 0.3) is 0 Å². The lowest BCUT2D eigenvalue weighted by Gasteiger charge is -2.14. The van der Waals surface area contributed by atoms with Gasteiger partial charge in [0, 0.05) is 11.1 Å². The quantitative estimate of drug-likeness (QED) is 0.495. The van der Waals surface area contributed by atoms with E-state index >= 15 is 0 Å². The average molecular weight is 404 g/mol. The predicted molar refractivity (Wildman–Crippen MR) is 117 cm³/mol. The first-order valence-electron chi connectivity index (χ1n) is 9.35. The molecule has 0 radical (unpaired) electrons. The molecule has 0 saturated carbocycles. The molecule has 4 rings (SSSR count). The molecule has 0 bridgehead atoms. The van der Waals surface area contributed by atoms with Crippen molar-refractivity contribution < 1.29 is 4.79 Å². The van der Waals surface area contributed by atoms with Crippen LogP contribution < -0.4 is 5.32 Å². The van der Waals surface area contributed by atoms with Crippen LogP contribution in [-0.2, 0) is 4.79 Å². The van der Waals surface area contributed by atoms with E-state index < -0.39 is 0 Å². The van der Waals surface area contributed by atoms with E-state index in [4.69, 9.17) is 0 Å². The standard InChI is InChI=1S/C22H21N5OS/c1-14-8-6-9-15(2)20(14)27-22(24-25-26-27)29-16(3)21(28)23-19-13-7-11-17-10-4-5-12-18(17)19/h4-13,16H,1-3H3,(H,23,28)/t16-/m0/s1. The second kappa shape index (κ2) is 8.05. The number of amides is 1. The maximum absolute atomic E-state index is 12.9. The number of hydrogen-bond acceptors (Lipinski definition) is 5. The molecule has 0 fully saturated rings. The van der Waals surface area contributed by atoms with Gasteiger partial charge in [0.2, 0.25) is 11.1 Å². The molecule has 1 aromatic heterocycles. The summed E-state index contributed by atoms with van der Waals surface area (Å²) in [4.78, 5) is 12.9. The third-order valence-electron chi connectivity index (χ3n) is 4.79. The van der Waals surface area contributed by atoms with E-state index in [1.807, 2.05) is 81.4 Å². The van der Waals surface area contributed by atoms with Gasteiger partial charge in [-0.15, -0.1) is 5.10 Å². The summed E-state index contributed by atoms with van der Waals surface area (Å²) in [6.07, 6.45) is 0. The van der Waals surface area contributed by atoms with Crippen LogP contribution in [0.2, 0.25) is 0 Å². The summed E-state index contributed by atoms with van der Waals surface area (Å²) >= 11 is 1.34. The molecule has 3 aromatic carbocycles. The molecule has 7 heteroatoms. The van der Waals surface area contributed by atoms with Crippen LogP contribution in [-0.4, -0.2) is 31.4 Å². The Kier molecular flexibility index (Phi) is 5.31. The lowest BCUT2D eigenvalue weighted by Crippen LogP contribution is -2.23. The van der Waals surface area contributed by atoms with Crippen molar-refractivity contribution in [3.63, 3.8) is 0 Å². The van der Waals surface area contributed by atoms with Gasteiger partial charge in [-0.1, -0.05) is 66.4 Å². The minimum Gasteiger partial charge on any atom is -0.325 e. The normalized spacial score (nSPS) is 12.1. The van der Waals surface area contributed by atoms with E-state index in [2.05, 4.69) is 20.8 Å². The number of anilines is 1. The van der Waals surface area contributed by atoms with Crippen molar-refractivity contribution in [1.29, 1.82) is 0 Å². The molecule has 0 unspecified atom stereocenters. The number of para-hydroxylation sites is 1. The van der Waals surface area contributed by atoms with Crippen molar-refractivity contribution in [3.8, 4) is 5.69 Å². The van der Waals surface area contributed by atoms with Crippen LogP contribution in [0.3, 0.4) is 0 Å². The third-order valence-corrected chi connectivity index (χ3v) is 5.82. The van der Waals surface area contributed by atoms with Gasteiger partial charge < -0.3 is 5.32 Å². The lowest BCUT2D eigenvalue weighted by molar-refractivity contribution is -0.115. The molecule has 1 heterocycles. The zero-order valence-electron chi connectivity index (χ0n) is 16.5. The van der Waals surface area contributed by atoms with Gasteiger partial charge in [0.05, 0.1) is 10.9 Å². The molecular formula is C22H21N5OS. The number of tetrazole rings is 1. The van der Waals surface area contributed by atoms with Crippen molar-refractivity contribution in [1.82, 2.24) is 20.2 Å². The van der Waals surface area contributed by atoms with Crippen LogP contribution in [0.5, 0.6) is 0 Å². The maximum Gasteiger partial charge on any atom is 0.237 e. The summed E-state index contributed by atoms with van der Waals surface area (Å²) in [7, 11) is 0. The number of aryl methyl sites for hydroxylation is 2. The first-order chi connectivity index (χ1) is 14.0. The van der Waals surface area contributed by atoms with Gasteiger partial charge in [-0.2, -0.15) is 4.68 Å². The molecule has 0 aliphatic rings. The van der Waals surface area contributed by atoms with Crippen LogP contribution in [0.1, 0.15) is 18.1 Å². The van der Waals surface area contributed by atoms with E-state index in [0.717, 1.165) is 33.3 Å². The van der Waals surface area contributed by atoms with Gasteiger partial charge >= 0.3 is 0 Å². The summed E-state index contributed by atoms with van der Waals surface area (Å²) < 4.78 is 1.71. The van der Waals surface area contributed by atoms with E-state index in [-0.39, 0.29) is 11.2 Å². The van der Waals surface area contributed by atoms with Gasteiger partial charge in [0.15, 0.2) is 0 Å². The fourth-order valence-corrected chi connectivity index (χ4v) is 4.11. The monoisotopic (exact) mass is 403 g/mol. The molecule has 0 spiro atoms. The van der Waals surface area contributed by atoms with Crippen LogP contribution >= 0.6 is 11.8 Å². The smallest absolute Gasteiger partial charge is 0.237 e. The highest BCUT2D eigenvalue weighted by atomic mass is 32.2. The highest BCUT2D eigenvalue weighted by molar-refractivity contribution is 8.00. The van der Waals surface area contributed by atoms with Gasteiger partial charge in [-0.05, 0) is 53.8 Å². The second-order valence-corrected chi connectivity index (χ2v) is 8.20. The Balaban J connectivity index is 1.55. The Labute approximate surface area is 173 Å². The zero-order chi connectivity index (χ0) is 20.4. The fraction of sp³-hybridized carbons (Fsp3) is 0.182. The van der Waals surface area contributed by atoms with E-state index in [9.17, 15) is 4.79 Å². The first-order valence-corrected chi connectivity index (χ1v) is 10.2. The number of thioether (sulfide) groups is 1. The molecule has 1 N–H and O–H groups in total. The van der Waals surface area contributed by atoms with E-state index in [1.54, 1.807) is 4.68 Å². The largest absolute Gasteiger partial charge is 0.325 e. The van der Waals surface area contributed by atoms with Crippen LogP contribution in [0.4, 0.5) is 5.69 Å². The molecule has 29 heavy (non-hydrogen) atoms. The molecule has 1 atom stereocenters. The molecule has 0 saturated heterocycles. The van der Waals surface area contributed by atoms with Crippen molar-refractivity contribution in [2.45, 2.75) is 31.2 Å². The number of rotatable bonds is 5. The van der Waals surface area contributed by atoms with Gasteiger partial charge in [0.1, 0.15) is 0 Å². The number of benzene rings is 3. The Morgan fingerprint density at radius 1 is 1.00 bits per heavy atom. The van der Waals surface area contributed by atoms with Crippen LogP contribution in [0.15, 0.2) is 65.8 Å². The molecule has 1 amide bonds. The first kappa shape index (κ1) is 19.1. The lowest BCUT2D eigenvalue weighted by atomic mass is 10.1. The summed E-state index contributed by atoms with van der Waals surface area (Å²) in [5, 5.41) is 17.5.